The fraction of sp³-hybridized carbons (Fsp3) is 0.688. The van der Waals surface area contributed by atoms with E-state index < -0.39 is 0 Å². The van der Waals surface area contributed by atoms with E-state index in [9.17, 15) is 0 Å². The zero-order valence-corrected chi connectivity index (χ0v) is 12.6. The Morgan fingerprint density at radius 1 is 1.16 bits per heavy atom. The third kappa shape index (κ3) is 4.73. The van der Waals surface area contributed by atoms with Crippen LogP contribution in [0.4, 0.5) is 5.82 Å². The predicted octanol–water partition coefficient (Wildman–Crippen LogP) is 4.25. The van der Waals surface area contributed by atoms with Crippen LogP contribution in [-0.4, -0.2) is 16.6 Å². The van der Waals surface area contributed by atoms with Gasteiger partial charge < -0.3 is 10.1 Å². The van der Waals surface area contributed by atoms with Gasteiger partial charge in [0.2, 0.25) is 5.88 Å². The molecule has 0 bridgehead atoms. The van der Waals surface area contributed by atoms with E-state index in [0.717, 1.165) is 30.5 Å². The topological polar surface area (TPSA) is 34.1 Å². The lowest BCUT2D eigenvalue weighted by atomic mass is 9.89. The summed E-state index contributed by atoms with van der Waals surface area (Å²) in [5, 5.41) is 3.37. The van der Waals surface area contributed by atoms with Crippen molar-refractivity contribution in [1.29, 1.82) is 0 Å². The molecule has 0 atom stereocenters. The second-order valence-electron chi connectivity index (χ2n) is 6.74. The predicted molar refractivity (Wildman–Crippen MR) is 79.7 cm³/mol. The van der Waals surface area contributed by atoms with Crippen molar-refractivity contribution >= 4 is 5.82 Å². The molecule has 1 saturated carbocycles. The Hall–Kier alpha value is -1.25. The molecule has 0 radical (unpaired) electrons. The Morgan fingerprint density at radius 2 is 1.84 bits per heavy atom. The molecule has 1 aliphatic rings. The minimum absolute atomic E-state index is 0.0197. The summed E-state index contributed by atoms with van der Waals surface area (Å²) in [6, 6.07) is 5.94. The van der Waals surface area contributed by atoms with Crippen LogP contribution >= 0.6 is 0 Å². The van der Waals surface area contributed by atoms with Gasteiger partial charge in [-0.3, -0.25) is 0 Å². The molecule has 0 aliphatic heterocycles. The highest BCUT2D eigenvalue weighted by Crippen LogP contribution is 2.27. The lowest BCUT2D eigenvalue weighted by Gasteiger charge is -2.27. The zero-order valence-electron chi connectivity index (χ0n) is 12.6. The van der Waals surface area contributed by atoms with Crippen LogP contribution in [0.15, 0.2) is 18.2 Å². The molecule has 1 N–H and O–H groups in total. The second kappa shape index (κ2) is 5.81. The van der Waals surface area contributed by atoms with E-state index in [4.69, 9.17) is 4.74 Å². The molecule has 0 aromatic carbocycles. The van der Waals surface area contributed by atoms with Gasteiger partial charge in [0.25, 0.3) is 0 Å². The van der Waals surface area contributed by atoms with E-state index >= 15 is 0 Å². The molecule has 1 fully saturated rings. The first-order valence-corrected chi connectivity index (χ1v) is 7.34. The van der Waals surface area contributed by atoms with Crippen LogP contribution in [0, 0.1) is 5.92 Å². The van der Waals surface area contributed by atoms with Gasteiger partial charge in [-0.05, 0) is 58.4 Å². The van der Waals surface area contributed by atoms with Crippen molar-refractivity contribution in [2.75, 3.05) is 5.32 Å². The summed E-state index contributed by atoms with van der Waals surface area (Å²) in [6.07, 6.45) is 5.18. The molecule has 19 heavy (non-hydrogen) atoms. The summed E-state index contributed by atoms with van der Waals surface area (Å²) < 4.78 is 6.01. The van der Waals surface area contributed by atoms with E-state index in [1.54, 1.807) is 0 Å². The fourth-order valence-corrected chi connectivity index (χ4v) is 2.45. The van der Waals surface area contributed by atoms with Gasteiger partial charge in [0.05, 0.1) is 0 Å². The first-order chi connectivity index (χ1) is 8.92. The van der Waals surface area contributed by atoms with Gasteiger partial charge in [0.15, 0.2) is 0 Å². The van der Waals surface area contributed by atoms with E-state index in [1.165, 1.54) is 12.8 Å². The molecular formula is C16H26N2O. The molecule has 0 unspecified atom stereocenters. The number of anilines is 1. The molecule has 1 aliphatic carbocycles. The summed E-state index contributed by atoms with van der Waals surface area (Å²) in [7, 11) is 0. The number of hydrogen-bond donors (Lipinski definition) is 1. The maximum Gasteiger partial charge on any atom is 0.215 e. The fourth-order valence-electron chi connectivity index (χ4n) is 2.45. The molecule has 2 rings (SSSR count). The van der Waals surface area contributed by atoms with Crippen molar-refractivity contribution in [1.82, 2.24) is 4.98 Å². The highest BCUT2D eigenvalue weighted by Gasteiger charge is 2.20. The lowest BCUT2D eigenvalue weighted by molar-refractivity contribution is 0.130. The molecule has 1 aromatic heterocycles. The maximum atomic E-state index is 6.01. The normalized spacial score (nSPS) is 24.0. The molecular weight excluding hydrogens is 236 g/mol. The Labute approximate surface area is 116 Å². The Kier molecular flexibility index (Phi) is 4.33. The number of pyridine rings is 1. The maximum absolute atomic E-state index is 6.01. The molecule has 106 valence electrons. The SMILES string of the molecule is CC1CCC(Oc2cccc(NC(C)(C)C)n2)CC1. The molecule has 3 nitrogen and oxygen atoms in total. The molecule has 0 amide bonds. The van der Waals surface area contributed by atoms with Crippen LogP contribution in [0.25, 0.3) is 0 Å². The van der Waals surface area contributed by atoms with Crippen LogP contribution in [-0.2, 0) is 0 Å². The van der Waals surface area contributed by atoms with Crippen LogP contribution < -0.4 is 10.1 Å². The summed E-state index contributed by atoms with van der Waals surface area (Å²) in [5.74, 6) is 2.48. The molecule has 0 spiro atoms. The summed E-state index contributed by atoms with van der Waals surface area (Å²) in [4.78, 5) is 4.54. The monoisotopic (exact) mass is 262 g/mol. The first kappa shape index (κ1) is 14.2. The van der Waals surface area contributed by atoms with Crippen LogP contribution in [0.1, 0.15) is 53.4 Å². The van der Waals surface area contributed by atoms with Crippen molar-refractivity contribution in [3.63, 3.8) is 0 Å². The number of hydrogen-bond acceptors (Lipinski definition) is 3. The molecule has 0 saturated heterocycles. The number of nitrogens with zero attached hydrogens (tertiary/aromatic N) is 1. The van der Waals surface area contributed by atoms with Gasteiger partial charge in [0, 0.05) is 11.6 Å². The number of ether oxygens (including phenoxy) is 1. The van der Waals surface area contributed by atoms with Gasteiger partial charge in [-0.25, -0.2) is 0 Å². The smallest absolute Gasteiger partial charge is 0.215 e. The number of rotatable bonds is 3. The summed E-state index contributed by atoms with van der Waals surface area (Å²) in [6.45, 7) is 8.71. The van der Waals surface area contributed by atoms with E-state index in [-0.39, 0.29) is 5.54 Å². The van der Waals surface area contributed by atoms with Crippen molar-refractivity contribution in [3.05, 3.63) is 18.2 Å². The summed E-state index contributed by atoms with van der Waals surface area (Å²) >= 11 is 0. The van der Waals surface area contributed by atoms with Crippen molar-refractivity contribution in [2.24, 2.45) is 5.92 Å². The Morgan fingerprint density at radius 3 is 2.47 bits per heavy atom. The third-order valence-corrected chi connectivity index (χ3v) is 3.48. The molecule has 3 heteroatoms. The van der Waals surface area contributed by atoms with Gasteiger partial charge in [0.1, 0.15) is 11.9 Å². The van der Waals surface area contributed by atoms with E-state index in [2.05, 4.69) is 38.0 Å². The van der Waals surface area contributed by atoms with Gasteiger partial charge in [-0.1, -0.05) is 13.0 Å². The number of aromatic nitrogens is 1. The molecule has 1 aromatic rings. The highest BCUT2D eigenvalue weighted by atomic mass is 16.5. The Balaban J connectivity index is 1.95. The van der Waals surface area contributed by atoms with Gasteiger partial charge in [-0.2, -0.15) is 4.98 Å². The third-order valence-electron chi connectivity index (χ3n) is 3.48. The first-order valence-electron chi connectivity index (χ1n) is 7.34. The second-order valence-corrected chi connectivity index (χ2v) is 6.74. The van der Waals surface area contributed by atoms with E-state index in [1.807, 2.05) is 18.2 Å². The average Bonchev–Trinajstić information content (AvgIpc) is 2.30. The summed E-state index contributed by atoms with van der Waals surface area (Å²) in [5.41, 5.74) is 0.0197. The lowest BCUT2D eigenvalue weighted by Crippen LogP contribution is -2.27. The minimum Gasteiger partial charge on any atom is -0.474 e. The zero-order chi connectivity index (χ0) is 13.9. The minimum atomic E-state index is 0.0197. The quantitative estimate of drug-likeness (QED) is 0.884. The largest absolute Gasteiger partial charge is 0.474 e. The standard InChI is InChI=1S/C16H26N2O/c1-12-8-10-13(11-9-12)19-15-7-5-6-14(17-15)18-16(2,3)4/h5-7,12-13H,8-11H2,1-4H3,(H,17,18). The Bertz CT molecular complexity index is 403. The average molecular weight is 262 g/mol. The van der Waals surface area contributed by atoms with Crippen molar-refractivity contribution < 1.29 is 4.74 Å². The molecule has 1 heterocycles. The highest BCUT2D eigenvalue weighted by molar-refractivity contribution is 5.39. The van der Waals surface area contributed by atoms with Crippen LogP contribution in [0.2, 0.25) is 0 Å². The van der Waals surface area contributed by atoms with Crippen LogP contribution in [0.3, 0.4) is 0 Å². The van der Waals surface area contributed by atoms with Gasteiger partial charge >= 0.3 is 0 Å². The van der Waals surface area contributed by atoms with Crippen molar-refractivity contribution in [3.8, 4) is 5.88 Å². The van der Waals surface area contributed by atoms with Gasteiger partial charge in [-0.15, -0.1) is 0 Å². The van der Waals surface area contributed by atoms with E-state index in [0.29, 0.717) is 6.10 Å². The van der Waals surface area contributed by atoms with Crippen molar-refractivity contribution in [2.45, 2.75) is 65.0 Å². The number of nitrogens with one attached hydrogen (secondary N) is 1. The van der Waals surface area contributed by atoms with Crippen LogP contribution in [0.5, 0.6) is 5.88 Å².